The zero-order valence-electron chi connectivity index (χ0n) is 9.71. The Balaban J connectivity index is 2.14. The first-order chi connectivity index (χ1) is 8.27. The van der Waals surface area contributed by atoms with Crippen LogP contribution >= 0.6 is 0 Å². The van der Waals surface area contributed by atoms with Crippen molar-refractivity contribution in [3.05, 3.63) is 65.7 Å². The average molecular weight is 224 g/mol. The second kappa shape index (κ2) is 5.30. The first-order valence-electron chi connectivity index (χ1n) is 5.61. The molecule has 0 aliphatic carbocycles. The zero-order chi connectivity index (χ0) is 12.1. The molecule has 2 rings (SSSR count). The van der Waals surface area contributed by atoms with Gasteiger partial charge in [-0.1, -0.05) is 54.6 Å². The number of benzene rings is 2. The topological polar surface area (TPSA) is 35.4 Å². The Morgan fingerprint density at radius 1 is 1.00 bits per heavy atom. The maximum Gasteiger partial charge on any atom is 0.0721 e. The molecule has 2 aromatic rings. The van der Waals surface area contributed by atoms with Crippen LogP contribution in [0.1, 0.15) is 24.1 Å². The second-order valence-corrected chi connectivity index (χ2v) is 3.90. The maximum atomic E-state index is 11.5. The Hall–Kier alpha value is -2.09. The SMILES string of the molecule is C[C@H](N=Cc1ccccc1[O-])c1ccccc1. The van der Waals surface area contributed by atoms with Gasteiger partial charge in [0.05, 0.1) is 6.04 Å². The molecule has 0 aromatic heterocycles. The molecule has 86 valence electrons. The van der Waals surface area contributed by atoms with E-state index in [4.69, 9.17) is 0 Å². The number of nitrogens with zero attached hydrogens (tertiary/aromatic N) is 1. The van der Waals surface area contributed by atoms with E-state index in [2.05, 4.69) is 4.99 Å². The molecule has 0 saturated heterocycles. The number of para-hydroxylation sites is 1. The number of aliphatic imine (C=N–C) groups is 1. The Labute approximate surface area is 101 Å². The summed E-state index contributed by atoms with van der Waals surface area (Å²) >= 11 is 0. The van der Waals surface area contributed by atoms with Gasteiger partial charge in [-0.2, -0.15) is 0 Å². The third kappa shape index (κ3) is 2.94. The smallest absolute Gasteiger partial charge is 0.0721 e. The van der Waals surface area contributed by atoms with E-state index in [-0.39, 0.29) is 11.8 Å². The van der Waals surface area contributed by atoms with Gasteiger partial charge in [-0.25, -0.2) is 0 Å². The molecule has 2 nitrogen and oxygen atoms in total. The van der Waals surface area contributed by atoms with Crippen molar-refractivity contribution < 1.29 is 5.11 Å². The van der Waals surface area contributed by atoms with Crippen LogP contribution in [0.2, 0.25) is 0 Å². The summed E-state index contributed by atoms with van der Waals surface area (Å²) in [5, 5.41) is 11.5. The van der Waals surface area contributed by atoms with Gasteiger partial charge in [0.2, 0.25) is 0 Å². The molecule has 0 aliphatic heterocycles. The van der Waals surface area contributed by atoms with Gasteiger partial charge in [-0.05, 0) is 18.1 Å². The van der Waals surface area contributed by atoms with E-state index >= 15 is 0 Å². The molecule has 0 saturated carbocycles. The van der Waals surface area contributed by atoms with E-state index < -0.39 is 0 Å². The summed E-state index contributed by atoms with van der Waals surface area (Å²) in [6.07, 6.45) is 1.65. The largest absolute Gasteiger partial charge is 0.872 e. The molecule has 0 aliphatic rings. The van der Waals surface area contributed by atoms with Crippen molar-refractivity contribution in [2.45, 2.75) is 13.0 Å². The Bertz CT molecular complexity index is 505. The Morgan fingerprint density at radius 2 is 1.65 bits per heavy atom. The molecule has 0 fully saturated rings. The summed E-state index contributed by atoms with van der Waals surface area (Å²) in [5.41, 5.74) is 1.78. The fraction of sp³-hybridized carbons (Fsp3) is 0.133. The monoisotopic (exact) mass is 224 g/mol. The minimum absolute atomic E-state index is 0.0107. The van der Waals surface area contributed by atoms with Crippen LogP contribution in [0.15, 0.2) is 59.6 Å². The summed E-state index contributed by atoms with van der Waals surface area (Å²) in [5.74, 6) is 0.0107. The van der Waals surface area contributed by atoms with Crippen molar-refractivity contribution in [1.29, 1.82) is 0 Å². The number of rotatable bonds is 3. The summed E-state index contributed by atoms with van der Waals surface area (Å²) < 4.78 is 0. The highest BCUT2D eigenvalue weighted by molar-refractivity contribution is 5.83. The van der Waals surface area contributed by atoms with Gasteiger partial charge in [0.25, 0.3) is 0 Å². The molecular formula is C15H14NO-. The minimum Gasteiger partial charge on any atom is -0.872 e. The Kier molecular flexibility index (Phi) is 3.55. The normalized spacial score (nSPS) is 12.8. The molecule has 0 amide bonds. The van der Waals surface area contributed by atoms with Crippen LogP contribution in [0.25, 0.3) is 0 Å². The van der Waals surface area contributed by atoms with E-state index in [1.165, 1.54) is 0 Å². The summed E-state index contributed by atoms with van der Waals surface area (Å²) in [7, 11) is 0. The van der Waals surface area contributed by atoms with E-state index in [1.54, 1.807) is 24.4 Å². The lowest BCUT2D eigenvalue weighted by molar-refractivity contribution is -0.268. The van der Waals surface area contributed by atoms with Crippen LogP contribution in [0.4, 0.5) is 0 Å². The van der Waals surface area contributed by atoms with Gasteiger partial charge < -0.3 is 5.11 Å². The third-order valence-corrected chi connectivity index (χ3v) is 2.64. The molecule has 0 bridgehead atoms. The molecular weight excluding hydrogens is 210 g/mol. The highest BCUT2D eigenvalue weighted by Gasteiger charge is 2.00. The van der Waals surface area contributed by atoms with Gasteiger partial charge in [-0.15, -0.1) is 5.75 Å². The highest BCUT2D eigenvalue weighted by Crippen LogP contribution is 2.17. The average Bonchev–Trinajstić information content (AvgIpc) is 2.38. The van der Waals surface area contributed by atoms with Gasteiger partial charge in [-0.3, -0.25) is 4.99 Å². The van der Waals surface area contributed by atoms with Crippen LogP contribution in [0, 0.1) is 0 Å². The maximum absolute atomic E-state index is 11.5. The fourth-order valence-electron chi connectivity index (χ4n) is 1.60. The summed E-state index contributed by atoms with van der Waals surface area (Å²) in [6, 6.07) is 17.0. The van der Waals surface area contributed by atoms with Crippen LogP contribution in [0.5, 0.6) is 5.75 Å². The molecule has 0 heterocycles. The summed E-state index contributed by atoms with van der Waals surface area (Å²) in [4.78, 5) is 4.40. The number of hydrogen-bond donors (Lipinski definition) is 0. The molecule has 0 spiro atoms. The van der Waals surface area contributed by atoms with Crippen molar-refractivity contribution in [2.24, 2.45) is 4.99 Å². The van der Waals surface area contributed by atoms with Crippen molar-refractivity contribution in [2.75, 3.05) is 0 Å². The third-order valence-electron chi connectivity index (χ3n) is 2.64. The standard InChI is InChI=1S/C15H15NO/c1-12(13-7-3-2-4-8-13)16-11-14-9-5-6-10-15(14)17/h2-12,17H,1H3/p-1/t12-/m0/s1. The van der Waals surface area contributed by atoms with Gasteiger partial charge in [0.15, 0.2) is 0 Å². The van der Waals surface area contributed by atoms with Crippen LogP contribution in [-0.2, 0) is 0 Å². The first-order valence-corrected chi connectivity index (χ1v) is 5.61. The molecule has 0 unspecified atom stereocenters. The molecule has 2 heteroatoms. The van der Waals surface area contributed by atoms with Crippen molar-refractivity contribution in [3.63, 3.8) is 0 Å². The predicted molar refractivity (Wildman–Crippen MR) is 68.3 cm³/mol. The van der Waals surface area contributed by atoms with E-state index in [9.17, 15) is 5.11 Å². The van der Waals surface area contributed by atoms with E-state index in [0.29, 0.717) is 5.56 Å². The van der Waals surface area contributed by atoms with E-state index in [1.807, 2.05) is 43.3 Å². The van der Waals surface area contributed by atoms with Crippen LogP contribution in [0.3, 0.4) is 0 Å². The van der Waals surface area contributed by atoms with Gasteiger partial charge >= 0.3 is 0 Å². The first kappa shape index (κ1) is 11.4. The second-order valence-electron chi connectivity index (χ2n) is 3.90. The molecule has 2 aromatic carbocycles. The van der Waals surface area contributed by atoms with Crippen molar-refractivity contribution in [1.82, 2.24) is 0 Å². The molecule has 0 radical (unpaired) electrons. The lowest BCUT2D eigenvalue weighted by atomic mass is 10.1. The molecule has 17 heavy (non-hydrogen) atoms. The van der Waals surface area contributed by atoms with Crippen molar-refractivity contribution >= 4 is 6.21 Å². The van der Waals surface area contributed by atoms with Gasteiger partial charge in [0, 0.05) is 6.21 Å². The fourth-order valence-corrected chi connectivity index (χ4v) is 1.60. The molecule has 1 atom stereocenters. The quantitative estimate of drug-likeness (QED) is 0.738. The molecule has 0 N–H and O–H groups in total. The predicted octanol–water partition coefficient (Wildman–Crippen LogP) is 2.94. The lowest BCUT2D eigenvalue weighted by Gasteiger charge is -2.10. The van der Waals surface area contributed by atoms with E-state index in [0.717, 1.165) is 5.56 Å². The van der Waals surface area contributed by atoms with Crippen LogP contribution in [-0.4, -0.2) is 6.21 Å². The summed E-state index contributed by atoms with van der Waals surface area (Å²) in [6.45, 7) is 2.01. The van der Waals surface area contributed by atoms with Crippen molar-refractivity contribution in [3.8, 4) is 5.75 Å². The zero-order valence-corrected chi connectivity index (χ0v) is 9.71. The Morgan fingerprint density at radius 3 is 2.35 bits per heavy atom. The number of hydrogen-bond acceptors (Lipinski definition) is 2. The highest BCUT2D eigenvalue weighted by atomic mass is 16.3. The minimum atomic E-state index is 0.0107. The lowest BCUT2D eigenvalue weighted by Crippen LogP contribution is -1.96. The van der Waals surface area contributed by atoms with Gasteiger partial charge in [0.1, 0.15) is 0 Å². The van der Waals surface area contributed by atoms with Crippen LogP contribution < -0.4 is 5.11 Å².